The number of likely N-dealkylation sites (tertiary alicyclic amines) is 1. The summed E-state index contributed by atoms with van der Waals surface area (Å²) in [6.07, 6.45) is 9.75. The molecule has 2 aliphatic heterocycles. The Hall–Kier alpha value is -0.630. The van der Waals surface area contributed by atoms with Gasteiger partial charge in [0.25, 0.3) is 0 Å². The summed E-state index contributed by atoms with van der Waals surface area (Å²) in [6, 6.07) is 14.2. The van der Waals surface area contributed by atoms with Gasteiger partial charge in [-0.1, -0.05) is 119 Å². The van der Waals surface area contributed by atoms with Crippen LogP contribution in [0, 0.1) is 0 Å². The van der Waals surface area contributed by atoms with Gasteiger partial charge in [-0.3, -0.25) is 9.69 Å². The van der Waals surface area contributed by atoms with Crippen LogP contribution in [0.2, 0.25) is 0 Å². The van der Waals surface area contributed by atoms with Gasteiger partial charge < -0.3 is 14.5 Å². The predicted molar refractivity (Wildman–Crippen MR) is 198 cm³/mol. The zero-order chi connectivity index (χ0) is 33.8. The summed E-state index contributed by atoms with van der Waals surface area (Å²) in [6.45, 7) is 10.5. The standard InChI is InChI=1S/C36H47Cl6N3O2/c1-26(2)47-30-11-6-8-27(22-30)23-33(46)45-16-7-14-34(25-45,28-12-13-31(35(37,38)39)32(24-28)36(40,41)42)15-17-43-18-20-44(21-19-43)29-9-4-3-5-10-29/h6,8,11-13,22,24,26,29H,3-5,7,9-10,14-21,23,25H2,1-2H3. The Balaban J connectivity index is 1.38. The number of hydrogen-bond donors (Lipinski definition) is 0. The fraction of sp³-hybridized carbons (Fsp3) is 0.639. The molecule has 3 fully saturated rings. The van der Waals surface area contributed by atoms with Gasteiger partial charge in [-0.2, -0.15) is 0 Å². The van der Waals surface area contributed by atoms with Crippen molar-refractivity contribution in [2.75, 3.05) is 45.8 Å². The van der Waals surface area contributed by atoms with E-state index in [2.05, 4.69) is 9.80 Å². The number of carbonyl (C=O) groups is 1. The summed E-state index contributed by atoms with van der Waals surface area (Å²) in [5, 5.41) is 0. The third kappa shape index (κ3) is 10.0. The number of alkyl halides is 6. The van der Waals surface area contributed by atoms with Crippen LogP contribution < -0.4 is 4.74 Å². The highest BCUT2D eigenvalue weighted by atomic mass is 35.6. The summed E-state index contributed by atoms with van der Waals surface area (Å²) < 4.78 is 2.33. The maximum atomic E-state index is 13.9. The molecule has 1 aliphatic carbocycles. The molecule has 5 rings (SSSR count). The van der Waals surface area contributed by atoms with Crippen LogP contribution in [0.15, 0.2) is 42.5 Å². The highest BCUT2D eigenvalue weighted by Crippen LogP contribution is 2.50. The molecule has 11 heteroatoms. The van der Waals surface area contributed by atoms with Gasteiger partial charge in [-0.05, 0) is 75.8 Å². The molecule has 0 aromatic heterocycles. The SMILES string of the molecule is CC(C)Oc1cccc(CC(=O)N2CCCC(CCN3CCN(C4CCCCC4)CC3)(c3ccc(C(Cl)(Cl)Cl)c(C(Cl)(Cl)Cl)c3)C2)c1. The summed E-state index contributed by atoms with van der Waals surface area (Å²) >= 11 is 38.5. The van der Waals surface area contributed by atoms with Crippen LogP contribution in [-0.4, -0.2) is 78.6 Å². The Labute approximate surface area is 311 Å². The van der Waals surface area contributed by atoms with E-state index < -0.39 is 7.59 Å². The van der Waals surface area contributed by atoms with Crippen LogP contribution in [-0.2, 0) is 24.2 Å². The molecule has 0 bridgehead atoms. The van der Waals surface area contributed by atoms with Gasteiger partial charge in [0.05, 0.1) is 12.5 Å². The average Bonchev–Trinajstić information content (AvgIpc) is 3.03. The Bertz CT molecular complexity index is 1350. The van der Waals surface area contributed by atoms with Gasteiger partial charge in [0.2, 0.25) is 13.5 Å². The average molecular weight is 767 g/mol. The highest BCUT2D eigenvalue weighted by molar-refractivity contribution is 6.69. The van der Waals surface area contributed by atoms with Gasteiger partial charge in [-0.15, -0.1) is 0 Å². The first-order chi connectivity index (χ1) is 22.2. The molecule has 0 radical (unpaired) electrons. The molecule has 2 aromatic carbocycles. The maximum absolute atomic E-state index is 13.9. The topological polar surface area (TPSA) is 36.0 Å². The van der Waals surface area contributed by atoms with Crippen molar-refractivity contribution in [1.82, 2.24) is 14.7 Å². The number of piperidine rings is 1. The van der Waals surface area contributed by atoms with Crippen molar-refractivity contribution in [2.24, 2.45) is 0 Å². The van der Waals surface area contributed by atoms with E-state index in [-0.39, 0.29) is 17.4 Å². The molecule has 1 amide bonds. The summed E-state index contributed by atoms with van der Waals surface area (Å²) in [5.41, 5.74) is 2.28. The molecule has 47 heavy (non-hydrogen) atoms. The number of piperazine rings is 1. The number of rotatable bonds is 9. The largest absolute Gasteiger partial charge is 0.491 e. The fourth-order valence-corrected chi connectivity index (χ4v) is 8.71. The predicted octanol–water partition coefficient (Wildman–Crippen LogP) is 9.57. The van der Waals surface area contributed by atoms with E-state index in [0.29, 0.717) is 30.6 Å². The fourth-order valence-electron chi connectivity index (χ4n) is 7.74. The molecule has 260 valence electrons. The molecule has 0 N–H and O–H groups in total. The summed E-state index contributed by atoms with van der Waals surface area (Å²) in [4.78, 5) is 21.2. The normalized spacial score (nSPS) is 22.5. The van der Waals surface area contributed by atoms with E-state index in [0.717, 1.165) is 74.9 Å². The van der Waals surface area contributed by atoms with Gasteiger partial charge in [0, 0.05) is 61.9 Å². The van der Waals surface area contributed by atoms with Crippen LogP contribution in [0.1, 0.15) is 87.5 Å². The second kappa shape index (κ2) is 16.1. The molecule has 2 heterocycles. The monoisotopic (exact) mass is 763 g/mol. The number of nitrogens with zero attached hydrogens (tertiary/aromatic N) is 3. The third-order valence-corrected chi connectivity index (χ3v) is 11.4. The Morgan fingerprint density at radius 2 is 1.57 bits per heavy atom. The van der Waals surface area contributed by atoms with Gasteiger partial charge >= 0.3 is 0 Å². The number of halogens is 6. The molecule has 2 saturated heterocycles. The first kappa shape index (κ1) is 37.6. The summed E-state index contributed by atoms with van der Waals surface area (Å²) in [5.74, 6) is 0.867. The molecule has 5 nitrogen and oxygen atoms in total. The van der Waals surface area contributed by atoms with Crippen LogP contribution in [0.5, 0.6) is 5.75 Å². The van der Waals surface area contributed by atoms with Gasteiger partial charge in [0.15, 0.2) is 0 Å². The van der Waals surface area contributed by atoms with Crippen LogP contribution in [0.4, 0.5) is 0 Å². The molecule has 0 spiro atoms. The Kier molecular flexibility index (Phi) is 12.9. The number of amides is 1. The van der Waals surface area contributed by atoms with Crippen molar-refractivity contribution >= 4 is 75.5 Å². The molecule has 1 atom stereocenters. The van der Waals surface area contributed by atoms with E-state index in [4.69, 9.17) is 74.3 Å². The van der Waals surface area contributed by atoms with Crippen molar-refractivity contribution in [3.8, 4) is 5.75 Å². The molecule has 3 aliphatic rings. The smallest absolute Gasteiger partial charge is 0.227 e. The van der Waals surface area contributed by atoms with E-state index in [1.165, 1.54) is 32.1 Å². The van der Waals surface area contributed by atoms with Crippen molar-refractivity contribution in [3.63, 3.8) is 0 Å². The second-order valence-electron chi connectivity index (χ2n) is 13.9. The van der Waals surface area contributed by atoms with Gasteiger partial charge in [0.1, 0.15) is 5.75 Å². The van der Waals surface area contributed by atoms with Gasteiger partial charge in [-0.25, -0.2) is 0 Å². The van der Waals surface area contributed by atoms with E-state index in [1.54, 1.807) is 6.07 Å². The van der Waals surface area contributed by atoms with Crippen molar-refractivity contribution in [1.29, 1.82) is 0 Å². The Morgan fingerprint density at radius 3 is 2.23 bits per heavy atom. The third-order valence-electron chi connectivity index (χ3n) is 10.2. The Morgan fingerprint density at radius 1 is 0.872 bits per heavy atom. The molecular weight excluding hydrogens is 719 g/mol. The van der Waals surface area contributed by atoms with Crippen molar-refractivity contribution in [2.45, 2.75) is 96.8 Å². The number of benzene rings is 2. The highest BCUT2D eigenvalue weighted by Gasteiger charge is 2.42. The maximum Gasteiger partial charge on any atom is 0.227 e. The van der Waals surface area contributed by atoms with Crippen molar-refractivity contribution < 1.29 is 9.53 Å². The van der Waals surface area contributed by atoms with Crippen LogP contribution in [0.25, 0.3) is 0 Å². The molecule has 2 aromatic rings. The van der Waals surface area contributed by atoms with Crippen molar-refractivity contribution in [3.05, 3.63) is 64.7 Å². The number of carbonyl (C=O) groups excluding carboxylic acids is 1. The summed E-state index contributed by atoms with van der Waals surface area (Å²) in [7, 11) is 0. The lowest BCUT2D eigenvalue weighted by Gasteiger charge is -2.46. The zero-order valence-electron chi connectivity index (χ0n) is 27.4. The minimum absolute atomic E-state index is 0.0597. The first-order valence-corrected chi connectivity index (χ1v) is 19.3. The van der Waals surface area contributed by atoms with E-state index in [1.807, 2.05) is 55.1 Å². The number of hydrogen-bond acceptors (Lipinski definition) is 4. The lowest BCUT2D eigenvalue weighted by atomic mass is 9.71. The second-order valence-corrected chi connectivity index (χ2v) is 18.4. The van der Waals surface area contributed by atoms with E-state index >= 15 is 0 Å². The zero-order valence-corrected chi connectivity index (χ0v) is 32.0. The minimum Gasteiger partial charge on any atom is -0.491 e. The number of ether oxygens (including phenoxy) is 1. The molecule has 1 saturated carbocycles. The quantitative estimate of drug-likeness (QED) is 0.239. The van der Waals surface area contributed by atoms with E-state index in [9.17, 15) is 4.79 Å². The van der Waals surface area contributed by atoms with Crippen LogP contribution in [0.3, 0.4) is 0 Å². The lowest BCUT2D eigenvalue weighted by Crippen LogP contribution is -2.53. The lowest BCUT2D eigenvalue weighted by molar-refractivity contribution is -0.132. The molecular formula is C36H47Cl6N3O2. The minimum atomic E-state index is -1.79. The van der Waals surface area contributed by atoms with Crippen LogP contribution >= 0.6 is 69.6 Å². The molecule has 1 unspecified atom stereocenters. The first-order valence-electron chi connectivity index (χ1n) is 17.0.